The van der Waals surface area contributed by atoms with Crippen LogP contribution in [0, 0.1) is 11.3 Å². The number of methoxy groups -OCH3 is 1. The quantitative estimate of drug-likeness (QED) is 0.315. The van der Waals surface area contributed by atoms with Crippen molar-refractivity contribution in [3.05, 3.63) is 42.0 Å². The number of amides is 1. The largest absolute Gasteiger partial charge is 0.467 e. The summed E-state index contributed by atoms with van der Waals surface area (Å²) in [6, 6.07) is 9.98. The van der Waals surface area contributed by atoms with E-state index in [4.69, 9.17) is 18.8 Å². The second kappa shape index (κ2) is 9.79. The van der Waals surface area contributed by atoms with Crippen molar-refractivity contribution in [1.29, 1.82) is 0 Å². The average molecular weight is 531 g/mol. The highest BCUT2D eigenvalue weighted by molar-refractivity contribution is 5.95. The first kappa shape index (κ1) is 24.9. The molecule has 0 atom stereocenters. The number of carbonyl (C=O) groups excluding carboxylic acids is 1. The minimum atomic E-state index is 0.0199. The first-order valence-electron chi connectivity index (χ1n) is 14.8. The van der Waals surface area contributed by atoms with E-state index in [1.807, 2.05) is 12.1 Å². The highest BCUT2D eigenvalue weighted by Gasteiger charge is 2.53. The Labute approximate surface area is 229 Å². The normalized spacial score (nSPS) is 27.0. The molecule has 8 rings (SSSR count). The summed E-state index contributed by atoms with van der Waals surface area (Å²) in [5, 5.41) is 8.50. The van der Waals surface area contributed by atoms with Crippen molar-refractivity contribution in [3.8, 4) is 17.2 Å². The number of ether oxygens (including phenoxy) is 1. The van der Waals surface area contributed by atoms with Crippen LogP contribution in [-0.2, 0) is 10.2 Å². The molecule has 0 unspecified atom stereocenters. The van der Waals surface area contributed by atoms with Gasteiger partial charge in [0.15, 0.2) is 5.82 Å². The third-order valence-electron chi connectivity index (χ3n) is 10.1. The minimum Gasteiger partial charge on any atom is -0.467 e. The summed E-state index contributed by atoms with van der Waals surface area (Å²) in [4.78, 5) is 21.1. The number of fused-ring (bicyclic) bond motifs is 3. The molecule has 2 heterocycles. The first-order chi connectivity index (χ1) is 19.1. The third-order valence-corrected chi connectivity index (χ3v) is 10.1. The molecule has 3 aromatic rings. The summed E-state index contributed by atoms with van der Waals surface area (Å²) in [7, 11) is 1.57. The highest BCUT2D eigenvalue weighted by atomic mass is 16.6. The Morgan fingerprint density at radius 3 is 2.44 bits per heavy atom. The van der Waals surface area contributed by atoms with E-state index in [0.717, 1.165) is 93.7 Å². The lowest BCUT2D eigenvalue weighted by atomic mass is 9.53. The Balaban J connectivity index is 1.14. The molecule has 0 radical (unpaired) electrons. The van der Waals surface area contributed by atoms with E-state index in [-0.39, 0.29) is 22.7 Å². The average Bonchev–Trinajstić information content (AvgIpc) is 3.51. The number of anilines is 1. The van der Waals surface area contributed by atoms with E-state index in [1.54, 1.807) is 13.2 Å². The summed E-state index contributed by atoms with van der Waals surface area (Å²) in [6.45, 7) is 0.765. The van der Waals surface area contributed by atoms with Crippen LogP contribution < -0.4 is 9.64 Å². The van der Waals surface area contributed by atoms with E-state index < -0.39 is 0 Å². The van der Waals surface area contributed by atoms with Crippen LogP contribution in [-0.4, -0.2) is 34.9 Å². The molecular formula is C31H38N4O4. The van der Waals surface area contributed by atoms with Crippen LogP contribution >= 0.6 is 0 Å². The van der Waals surface area contributed by atoms with E-state index in [2.05, 4.69) is 27.3 Å². The number of rotatable bonds is 8. The second-order valence-electron chi connectivity index (χ2n) is 12.6. The van der Waals surface area contributed by atoms with E-state index >= 15 is 0 Å². The monoisotopic (exact) mass is 530 g/mol. The lowest BCUT2D eigenvalue weighted by Gasteiger charge is -2.53. The predicted molar refractivity (Wildman–Crippen MR) is 146 cm³/mol. The van der Waals surface area contributed by atoms with Crippen molar-refractivity contribution < 1.29 is 18.6 Å². The number of nitrogens with zero attached hydrogens (tertiary/aromatic N) is 4. The standard InChI is InChI=1S/C31H38N4O4/c1-37-26-19-25(33-38-26)23-8-5-9-24(18-23)35(28(36)22-6-3-2-4-7-22)20-30-12-15-31(16-13-30,17-14-30)29-32-27(34-39-29)21-10-11-21/h5,8-9,18-19,21-22H,2-4,6-7,10-17,20H2,1H3. The summed E-state index contributed by atoms with van der Waals surface area (Å²) in [5.41, 5.74) is 2.73. The van der Waals surface area contributed by atoms with Crippen LogP contribution in [0.3, 0.4) is 0 Å². The maximum Gasteiger partial charge on any atom is 0.311 e. The topological polar surface area (TPSA) is 94.5 Å². The molecule has 5 saturated carbocycles. The van der Waals surface area contributed by atoms with Crippen LogP contribution in [0.25, 0.3) is 11.3 Å². The lowest BCUT2D eigenvalue weighted by molar-refractivity contribution is -0.124. The van der Waals surface area contributed by atoms with Crippen molar-refractivity contribution in [2.24, 2.45) is 11.3 Å². The van der Waals surface area contributed by atoms with Gasteiger partial charge >= 0.3 is 5.95 Å². The van der Waals surface area contributed by atoms with Crippen molar-refractivity contribution in [2.75, 3.05) is 18.6 Å². The van der Waals surface area contributed by atoms with Crippen LogP contribution in [0.5, 0.6) is 5.95 Å². The van der Waals surface area contributed by atoms with E-state index in [0.29, 0.717) is 17.6 Å². The molecule has 1 amide bonds. The van der Waals surface area contributed by atoms with Gasteiger partial charge in [0, 0.05) is 35.0 Å². The fraction of sp³-hybridized carbons (Fsp3) is 0.613. The molecule has 39 heavy (non-hydrogen) atoms. The smallest absolute Gasteiger partial charge is 0.311 e. The molecule has 0 aliphatic heterocycles. The Kier molecular flexibility index (Phi) is 6.24. The molecule has 206 valence electrons. The van der Waals surface area contributed by atoms with Crippen LogP contribution in [0.1, 0.15) is 101 Å². The molecule has 8 heteroatoms. The van der Waals surface area contributed by atoms with Gasteiger partial charge in [-0.2, -0.15) is 4.98 Å². The number of hydrogen-bond donors (Lipinski definition) is 0. The molecule has 0 N–H and O–H groups in total. The van der Waals surface area contributed by atoms with Gasteiger partial charge < -0.3 is 18.7 Å². The van der Waals surface area contributed by atoms with Gasteiger partial charge in [-0.1, -0.05) is 41.7 Å². The Bertz CT molecular complexity index is 1310. The Morgan fingerprint density at radius 2 is 1.74 bits per heavy atom. The molecule has 2 bridgehead atoms. The third kappa shape index (κ3) is 4.66. The Morgan fingerprint density at radius 1 is 0.974 bits per heavy atom. The molecule has 2 aromatic heterocycles. The molecule has 5 aliphatic carbocycles. The molecule has 8 nitrogen and oxygen atoms in total. The van der Waals surface area contributed by atoms with Crippen molar-refractivity contribution in [3.63, 3.8) is 0 Å². The maximum absolute atomic E-state index is 14.1. The van der Waals surface area contributed by atoms with Gasteiger partial charge in [-0.25, -0.2) is 0 Å². The van der Waals surface area contributed by atoms with Crippen molar-refractivity contribution >= 4 is 11.6 Å². The molecule has 0 saturated heterocycles. The molecule has 5 aliphatic rings. The van der Waals surface area contributed by atoms with Crippen LogP contribution in [0.2, 0.25) is 0 Å². The zero-order chi connectivity index (χ0) is 26.5. The van der Waals surface area contributed by atoms with Gasteiger partial charge in [0.2, 0.25) is 11.8 Å². The van der Waals surface area contributed by atoms with Crippen LogP contribution in [0.15, 0.2) is 39.4 Å². The number of benzene rings is 1. The fourth-order valence-electron chi connectivity index (χ4n) is 7.30. The number of hydrogen-bond acceptors (Lipinski definition) is 7. The summed E-state index contributed by atoms with van der Waals surface area (Å²) in [5.74, 6) is 3.06. The molecular weight excluding hydrogens is 492 g/mol. The predicted octanol–water partition coefficient (Wildman–Crippen LogP) is 6.82. The first-order valence-corrected chi connectivity index (χ1v) is 14.8. The minimum absolute atomic E-state index is 0.0199. The van der Waals surface area contributed by atoms with Crippen LogP contribution in [0.4, 0.5) is 5.69 Å². The zero-order valence-corrected chi connectivity index (χ0v) is 22.9. The Hall–Kier alpha value is -3.16. The summed E-state index contributed by atoms with van der Waals surface area (Å²) < 4.78 is 16.3. The maximum atomic E-state index is 14.1. The van der Waals surface area contributed by atoms with E-state index in [9.17, 15) is 4.79 Å². The zero-order valence-electron chi connectivity index (χ0n) is 22.9. The van der Waals surface area contributed by atoms with Gasteiger partial charge in [0.05, 0.1) is 13.2 Å². The van der Waals surface area contributed by atoms with Gasteiger partial charge in [-0.15, -0.1) is 0 Å². The van der Waals surface area contributed by atoms with Crippen molar-refractivity contribution in [2.45, 2.75) is 94.8 Å². The second-order valence-corrected chi connectivity index (χ2v) is 12.6. The highest BCUT2D eigenvalue weighted by Crippen LogP contribution is 2.58. The molecule has 0 spiro atoms. The summed E-state index contributed by atoms with van der Waals surface area (Å²) in [6.07, 6.45) is 14.3. The van der Waals surface area contributed by atoms with Gasteiger partial charge in [0.25, 0.3) is 0 Å². The molecule has 1 aromatic carbocycles. The molecule has 5 fully saturated rings. The van der Waals surface area contributed by atoms with Gasteiger partial charge in [-0.05, 0) is 81.8 Å². The number of aromatic nitrogens is 3. The summed E-state index contributed by atoms with van der Waals surface area (Å²) >= 11 is 0. The van der Waals surface area contributed by atoms with E-state index in [1.165, 1.54) is 19.3 Å². The van der Waals surface area contributed by atoms with Crippen molar-refractivity contribution in [1.82, 2.24) is 15.3 Å². The SMILES string of the molecule is COc1cc(-c2cccc(N(CC34CCC(c5nc(C6CC6)no5)(CC3)CC4)C(=O)C3CCCCC3)c2)no1. The lowest BCUT2D eigenvalue weighted by Crippen LogP contribution is -2.51. The number of carbonyl (C=O) groups is 1. The van der Waals surface area contributed by atoms with Gasteiger partial charge in [0.1, 0.15) is 5.69 Å². The van der Waals surface area contributed by atoms with Gasteiger partial charge in [-0.3, -0.25) is 4.79 Å². The fourth-order valence-corrected chi connectivity index (χ4v) is 7.30.